The average molecular weight is 217 g/mol. The molecule has 0 amide bonds. The molecule has 0 saturated heterocycles. The minimum Gasteiger partial charge on any atom is -0.481 e. The second kappa shape index (κ2) is 5.47. The normalized spacial score (nSPS) is 16.1. The standard InChI is InChI=1S/C11H23NO3/c1-5-11(8-12,9(13)14)7-6-10(2,3)15-4/h5-8,12H2,1-4H3,(H,13,14). The van der Waals surface area contributed by atoms with E-state index in [0.717, 1.165) is 0 Å². The molecule has 0 saturated carbocycles. The van der Waals surface area contributed by atoms with Crippen molar-refractivity contribution in [3.63, 3.8) is 0 Å². The third-order valence-electron chi connectivity index (χ3n) is 3.28. The molecule has 1 atom stereocenters. The van der Waals surface area contributed by atoms with E-state index in [4.69, 9.17) is 10.5 Å². The maximum absolute atomic E-state index is 11.2. The van der Waals surface area contributed by atoms with Crippen LogP contribution in [0.2, 0.25) is 0 Å². The minimum absolute atomic E-state index is 0.179. The minimum atomic E-state index is -0.806. The first-order valence-corrected chi connectivity index (χ1v) is 5.32. The molecule has 0 heterocycles. The molecule has 1 unspecified atom stereocenters. The van der Waals surface area contributed by atoms with Gasteiger partial charge >= 0.3 is 5.97 Å². The number of hydrogen-bond donors (Lipinski definition) is 2. The molecule has 0 aromatic carbocycles. The van der Waals surface area contributed by atoms with Crippen LogP contribution in [0.3, 0.4) is 0 Å². The van der Waals surface area contributed by atoms with Gasteiger partial charge in [0.05, 0.1) is 11.0 Å². The Morgan fingerprint density at radius 2 is 1.93 bits per heavy atom. The fourth-order valence-corrected chi connectivity index (χ4v) is 1.41. The van der Waals surface area contributed by atoms with Crippen molar-refractivity contribution >= 4 is 5.97 Å². The van der Waals surface area contributed by atoms with E-state index in [1.807, 2.05) is 20.8 Å². The van der Waals surface area contributed by atoms with Crippen molar-refractivity contribution in [1.29, 1.82) is 0 Å². The van der Waals surface area contributed by atoms with Crippen molar-refractivity contribution in [3.05, 3.63) is 0 Å². The predicted molar refractivity (Wildman–Crippen MR) is 59.7 cm³/mol. The molecule has 0 fully saturated rings. The van der Waals surface area contributed by atoms with Crippen molar-refractivity contribution in [2.45, 2.75) is 45.6 Å². The van der Waals surface area contributed by atoms with Gasteiger partial charge in [-0.05, 0) is 33.1 Å². The van der Waals surface area contributed by atoms with E-state index in [9.17, 15) is 9.90 Å². The van der Waals surface area contributed by atoms with Gasteiger partial charge in [0.25, 0.3) is 0 Å². The zero-order valence-corrected chi connectivity index (χ0v) is 10.2. The second-order valence-electron chi connectivity index (χ2n) is 4.61. The van der Waals surface area contributed by atoms with Crippen LogP contribution in [0.15, 0.2) is 0 Å². The lowest BCUT2D eigenvalue weighted by Crippen LogP contribution is -2.40. The number of carboxylic acids is 1. The van der Waals surface area contributed by atoms with E-state index in [0.29, 0.717) is 19.3 Å². The molecule has 0 radical (unpaired) electrons. The number of ether oxygens (including phenoxy) is 1. The van der Waals surface area contributed by atoms with Crippen molar-refractivity contribution in [2.24, 2.45) is 11.1 Å². The SMILES string of the molecule is CCC(CN)(CCC(C)(C)OC)C(=O)O. The summed E-state index contributed by atoms with van der Waals surface area (Å²) in [6.07, 6.45) is 1.80. The number of methoxy groups -OCH3 is 1. The molecular formula is C11H23NO3. The average Bonchev–Trinajstić information content (AvgIpc) is 2.20. The van der Waals surface area contributed by atoms with Gasteiger partial charge in [0.1, 0.15) is 0 Å². The first kappa shape index (κ1) is 14.4. The van der Waals surface area contributed by atoms with Crippen molar-refractivity contribution in [1.82, 2.24) is 0 Å². The summed E-state index contributed by atoms with van der Waals surface area (Å²) in [6, 6.07) is 0. The first-order valence-electron chi connectivity index (χ1n) is 5.32. The van der Waals surface area contributed by atoms with Crippen LogP contribution in [0.5, 0.6) is 0 Å². The summed E-state index contributed by atoms with van der Waals surface area (Å²) >= 11 is 0. The van der Waals surface area contributed by atoms with Gasteiger partial charge < -0.3 is 15.6 Å². The lowest BCUT2D eigenvalue weighted by atomic mass is 9.78. The molecule has 0 aliphatic carbocycles. The highest BCUT2D eigenvalue weighted by Gasteiger charge is 2.36. The Morgan fingerprint density at radius 3 is 2.20 bits per heavy atom. The van der Waals surface area contributed by atoms with Gasteiger partial charge in [-0.1, -0.05) is 6.92 Å². The number of hydrogen-bond acceptors (Lipinski definition) is 3. The Balaban J connectivity index is 4.50. The highest BCUT2D eigenvalue weighted by atomic mass is 16.5. The Hall–Kier alpha value is -0.610. The smallest absolute Gasteiger partial charge is 0.310 e. The van der Waals surface area contributed by atoms with Gasteiger partial charge in [-0.2, -0.15) is 0 Å². The van der Waals surface area contributed by atoms with Crippen molar-refractivity contribution in [2.75, 3.05) is 13.7 Å². The van der Waals surface area contributed by atoms with Gasteiger partial charge in [-0.15, -0.1) is 0 Å². The summed E-state index contributed by atoms with van der Waals surface area (Å²) in [7, 11) is 1.64. The topological polar surface area (TPSA) is 72.5 Å². The Bertz CT molecular complexity index is 210. The van der Waals surface area contributed by atoms with E-state index in [1.54, 1.807) is 7.11 Å². The lowest BCUT2D eigenvalue weighted by Gasteiger charge is -2.31. The third-order valence-corrected chi connectivity index (χ3v) is 3.28. The summed E-state index contributed by atoms with van der Waals surface area (Å²) in [6.45, 7) is 5.94. The summed E-state index contributed by atoms with van der Waals surface area (Å²) < 4.78 is 5.27. The molecule has 0 aliphatic heterocycles. The van der Waals surface area contributed by atoms with Crippen LogP contribution >= 0.6 is 0 Å². The van der Waals surface area contributed by atoms with E-state index >= 15 is 0 Å². The quantitative estimate of drug-likeness (QED) is 0.680. The third kappa shape index (κ3) is 3.80. The Kier molecular flexibility index (Phi) is 5.24. The van der Waals surface area contributed by atoms with Crippen LogP contribution < -0.4 is 5.73 Å². The summed E-state index contributed by atoms with van der Waals surface area (Å²) in [5, 5.41) is 9.17. The zero-order valence-electron chi connectivity index (χ0n) is 10.2. The molecule has 3 N–H and O–H groups in total. The predicted octanol–water partition coefficient (Wildman–Crippen LogP) is 1.63. The van der Waals surface area contributed by atoms with Crippen molar-refractivity contribution < 1.29 is 14.6 Å². The maximum Gasteiger partial charge on any atom is 0.310 e. The zero-order chi connectivity index (χ0) is 12.1. The van der Waals surface area contributed by atoms with Gasteiger partial charge in [-0.3, -0.25) is 4.79 Å². The molecule has 15 heavy (non-hydrogen) atoms. The number of aliphatic carboxylic acids is 1. The van der Waals surface area contributed by atoms with E-state index in [-0.39, 0.29) is 12.1 Å². The first-order chi connectivity index (χ1) is 6.83. The number of carboxylic acid groups (broad SMARTS) is 1. The van der Waals surface area contributed by atoms with Crippen LogP contribution in [0.1, 0.15) is 40.0 Å². The Morgan fingerprint density at radius 1 is 1.40 bits per heavy atom. The van der Waals surface area contributed by atoms with Crippen LogP contribution in [-0.4, -0.2) is 30.3 Å². The van der Waals surface area contributed by atoms with E-state index in [2.05, 4.69) is 0 Å². The van der Waals surface area contributed by atoms with Crippen molar-refractivity contribution in [3.8, 4) is 0 Å². The fourth-order valence-electron chi connectivity index (χ4n) is 1.41. The number of rotatable bonds is 7. The molecule has 0 bridgehead atoms. The molecule has 0 rings (SSSR count). The molecule has 4 nitrogen and oxygen atoms in total. The lowest BCUT2D eigenvalue weighted by molar-refractivity contribution is -0.149. The monoisotopic (exact) mass is 217 g/mol. The molecule has 4 heteroatoms. The fraction of sp³-hybridized carbons (Fsp3) is 0.909. The summed E-state index contributed by atoms with van der Waals surface area (Å²) in [4.78, 5) is 11.2. The molecule has 0 aromatic rings. The second-order valence-corrected chi connectivity index (χ2v) is 4.61. The van der Waals surface area contributed by atoms with E-state index in [1.165, 1.54) is 0 Å². The molecule has 90 valence electrons. The van der Waals surface area contributed by atoms with Gasteiger partial charge in [0, 0.05) is 13.7 Å². The van der Waals surface area contributed by atoms with E-state index < -0.39 is 11.4 Å². The van der Waals surface area contributed by atoms with Crippen LogP contribution in [0, 0.1) is 5.41 Å². The highest BCUT2D eigenvalue weighted by molar-refractivity contribution is 5.74. The van der Waals surface area contributed by atoms with Gasteiger partial charge in [-0.25, -0.2) is 0 Å². The molecule has 0 spiro atoms. The van der Waals surface area contributed by atoms with Crippen LogP contribution in [0.4, 0.5) is 0 Å². The molecule has 0 aromatic heterocycles. The van der Waals surface area contributed by atoms with Crippen LogP contribution in [-0.2, 0) is 9.53 Å². The summed E-state index contributed by atoms with van der Waals surface area (Å²) in [5.74, 6) is -0.806. The molecular weight excluding hydrogens is 194 g/mol. The largest absolute Gasteiger partial charge is 0.481 e. The Labute approximate surface area is 91.8 Å². The van der Waals surface area contributed by atoms with Gasteiger partial charge in [0.2, 0.25) is 0 Å². The molecule has 0 aliphatic rings. The van der Waals surface area contributed by atoms with Gasteiger partial charge in [0.15, 0.2) is 0 Å². The summed E-state index contributed by atoms with van der Waals surface area (Å²) in [5.41, 5.74) is 4.49. The van der Waals surface area contributed by atoms with Crippen LogP contribution in [0.25, 0.3) is 0 Å². The number of carbonyl (C=O) groups is 1. The number of nitrogens with two attached hydrogens (primary N) is 1. The highest BCUT2D eigenvalue weighted by Crippen LogP contribution is 2.31. The maximum atomic E-state index is 11.2.